The van der Waals surface area contributed by atoms with Crippen LogP contribution in [-0.4, -0.2) is 18.3 Å². The number of amides is 1. The van der Waals surface area contributed by atoms with Crippen molar-refractivity contribution in [1.82, 2.24) is 0 Å². The molecule has 0 aromatic heterocycles. The molecule has 1 rings (SSSR count). The summed E-state index contributed by atoms with van der Waals surface area (Å²) in [6.45, 7) is 0. The highest BCUT2D eigenvalue weighted by molar-refractivity contribution is 5.97. The molecule has 10 heteroatoms. The first-order chi connectivity index (χ1) is 9.50. The van der Waals surface area contributed by atoms with Crippen molar-refractivity contribution in [3.8, 4) is 6.07 Å². The molecule has 0 aliphatic rings. The molecule has 0 fully saturated rings. The number of nitriles is 1. The zero-order valence-corrected chi connectivity index (χ0v) is 9.81. The molecule has 0 unspecified atom stereocenters. The fourth-order valence-corrected chi connectivity index (χ4v) is 1.26. The van der Waals surface area contributed by atoms with Crippen molar-refractivity contribution in [3.63, 3.8) is 0 Å². The van der Waals surface area contributed by atoms with Gasteiger partial charge >= 0.3 is 24.4 Å². The van der Waals surface area contributed by atoms with Crippen molar-refractivity contribution in [3.05, 3.63) is 29.3 Å². The normalized spacial score (nSPS) is 12.1. The number of nitrogens with one attached hydrogen (secondary N) is 1. The van der Waals surface area contributed by atoms with Crippen LogP contribution in [0.1, 0.15) is 11.1 Å². The largest absolute Gasteiger partial charge is 0.418 e. The molecule has 0 saturated carbocycles. The zero-order valence-electron chi connectivity index (χ0n) is 9.81. The first kappa shape index (κ1) is 16.7. The van der Waals surface area contributed by atoms with Gasteiger partial charge in [0, 0.05) is 0 Å². The van der Waals surface area contributed by atoms with Gasteiger partial charge in [-0.3, -0.25) is 4.79 Å². The van der Waals surface area contributed by atoms with Gasteiger partial charge < -0.3 is 5.32 Å². The number of carbonyl (C=O) groups is 1. The van der Waals surface area contributed by atoms with Crippen LogP contribution in [0, 0.1) is 11.3 Å². The predicted octanol–water partition coefficient (Wildman–Crippen LogP) is 3.42. The Morgan fingerprint density at radius 1 is 1.19 bits per heavy atom. The van der Waals surface area contributed by atoms with Crippen molar-refractivity contribution >= 4 is 11.6 Å². The number of rotatable bonds is 3. The van der Waals surface area contributed by atoms with Crippen molar-refractivity contribution in [2.45, 2.75) is 18.5 Å². The summed E-state index contributed by atoms with van der Waals surface area (Å²) in [4.78, 5) is 10.9. The van der Waals surface area contributed by atoms with Gasteiger partial charge in [0.05, 0.1) is 22.9 Å². The molecule has 0 aliphatic carbocycles. The highest BCUT2D eigenvalue weighted by Gasteiger charge is 2.49. The Kier molecular flexibility index (Phi) is 4.46. The molecule has 1 aromatic rings. The second-order valence-electron chi connectivity index (χ2n) is 3.75. The van der Waals surface area contributed by atoms with Gasteiger partial charge in [-0.15, -0.1) is 0 Å². The summed E-state index contributed by atoms with van der Waals surface area (Å²) in [5, 5.41) is 9.57. The van der Waals surface area contributed by atoms with Gasteiger partial charge in [0.1, 0.15) is 0 Å². The number of carbonyl (C=O) groups excluding carboxylic acids is 1. The molecule has 0 radical (unpaired) electrons. The monoisotopic (exact) mass is 314 g/mol. The number of hydrogen-bond donors (Lipinski definition) is 1. The molecule has 0 saturated heterocycles. The van der Waals surface area contributed by atoms with E-state index in [4.69, 9.17) is 5.26 Å². The van der Waals surface area contributed by atoms with Crippen LogP contribution in [0.25, 0.3) is 0 Å². The molecular weight excluding hydrogens is 309 g/mol. The van der Waals surface area contributed by atoms with Gasteiger partial charge in [0.2, 0.25) is 0 Å². The Labute approximate surface area is 113 Å². The van der Waals surface area contributed by atoms with Crippen LogP contribution in [0.3, 0.4) is 0 Å². The number of benzene rings is 1. The molecule has 0 atom stereocenters. The molecule has 0 spiro atoms. The number of anilines is 1. The van der Waals surface area contributed by atoms with Gasteiger partial charge in [-0.25, -0.2) is 8.78 Å². The predicted molar refractivity (Wildman–Crippen MR) is 55.7 cm³/mol. The summed E-state index contributed by atoms with van der Waals surface area (Å²) in [7, 11) is 0. The molecule has 0 aliphatic heterocycles. The third kappa shape index (κ3) is 3.62. The second kappa shape index (κ2) is 5.59. The smallest absolute Gasteiger partial charge is 0.320 e. The third-order valence-electron chi connectivity index (χ3n) is 2.28. The van der Waals surface area contributed by atoms with E-state index in [0.29, 0.717) is 12.1 Å². The van der Waals surface area contributed by atoms with E-state index in [0.717, 1.165) is 11.4 Å². The average Bonchev–Trinajstić information content (AvgIpc) is 2.37. The third-order valence-corrected chi connectivity index (χ3v) is 2.28. The molecule has 21 heavy (non-hydrogen) atoms. The van der Waals surface area contributed by atoms with E-state index in [1.807, 2.05) is 0 Å². The van der Waals surface area contributed by atoms with Crippen molar-refractivity contribution in [1.29, 1.82) is 5.26 Å². The zero-order chi connectivity index (χ0) is 16.4. The molecule has 1 N–H and O–H groups in total. The van der Waals surface area contributed by atoms with E-state index in [2.05, 4.69) is 0 Å². The minimum Gasteiger partial charge on any atom is -0.320 e. The first-order valence-corrected chi connectivity index (χ1v) is 5.09. The first-order valence-electron chi connectivity index (χ1n) is 5.09. The standard InChI is InChI=1S/C11H5F7N2O/c12-8(13)10(14,15)9(21)20-7-2-1-5(4-19)3-6(7)11(16,17)18/h1-3,8H,(H,20,21). The molecule has 114 valence electrons. The Morgan fingerprint density at radius 2 is 1.76 bits per heavy atom. The quantitative estimate of drug-likeness (QED) is 0.869. The summed E-state index contributed by atoms with van der Waals surface area (Å²) in [6.07, 6.45) is -9.44. The molecular formula is C11H5F7N2O. The maximum atomic E-state index is 12.7. The summed E-state index contributed by atoms with van der Waals surface area (Å²) in [5.74, 6) is -7.72. The van der Waals surface area contributed by atoms with E-state index in [1.54, 1.807) is 0 Å². The Hall–Kier alpha value is -2.31. The van der Waals surface area contributed by atoms with Crippen LogP contribution in [0.4, 0.5) is 36.4 Å². The fourth-order valence-electron chi connectivity index (χ4n) is 1.26. The fraction of sp³-hybridized carbons (Fsp3) is 0.273. The highest BCUT2D eigenvalue weighted by atomic mass is 19.4. The Bertz CT molecular complexity index is 589. The average molecular weight is 314 g/mol. The molecule has 1 aromatic carbocycles. The lowest BCUT2D eigenvalue weighted by Gasteiger charge is -2.18. The van der Waals surface area contributed by atoms with E-state index < -0.39 is 41.2 Å². The second-order valence-corrected chi connectivity index (χ2v) is 3.75. The van der Waals surface area contributed by atoms with Crippen molar-refractivity contribution in [2.75, 3.05) is 5.32 Å². The van der Waals surface area contributed by atoms with Crippen molar-refractivity contribution < 1.29 is 35.5 Å². The van der Waals surface area contributed by atoms with Gasteiger partial charge in [-0.05, 0) is 18.2 Å². The van der Waals surface area contributed by atoms with Gasteiger partial charge in [0.25, 0.3) is 0 Å². The SMILES string of the molecule is N#Cc1ccc(NC(=O)C(F)(F)C(F)F)c(C(F)(F)F)c1. The van der Waals surface area contributed by atoms with Crippen LogP contribution >= 0.6 is 0 Å². The topological polar surface area (TPSA) is 52.9 Å². The Balaban J connectivity index is 3.21. The highest BCUT2D eigenvalue weighted by Crippen LogP contribution is 2.36. The lowest BCUT2D eigenvalue weighted by Crippen LogP contribution is -2.41. The van der Waals surface area contributed by atoms with E-state index >= 15 is 0 Å². The van der Waals surface area contributed by atoms with Crippen LogP contribution in [0.2, 0.25) is 0 Å². The van der Waals surface area contributed by atoms with E-state index in [1.165, 1.54) is 6.07 Å². The van der Waals surface area contributed by atoms with Crippen LogP contribution in [0.5, 0.6) is 0 Å². The lowest BCUT2D eigenvalue weighted by molar-refractivity contribution is -0.163. The van der Waals surface area contributed by atoms with E-state index in [9.17, 15) is 35.5 Å². The molecule has 0 heterocycles. The molecule has 1 amide bonds. The number of nitrogens with zero attached hydrogens (tertiary/aromatic N) is 1. The van der Waals surface area contributed by atoms with Gasteiger partial charge in [-0.1, -0.05) is 0 Å². The minimum atomic E-state index is -5.14. The molecule has 3 nitrogen and oxygen atoms in total. The lowest BCUT2D eigenvalue weighted by atomic mass is 10.1. The summed E-state index contributed by atoms with van der Waals surface area (Å²) in [5.41, 5.74) is -3.19. The van der Waals surface area contributed by atoms with Crippen LogP contribution in [0.15, 0.2) is 18.2 Å². The summed E-state index contributed by atoms with van der Waals surface area (Å²) >= 11 is 0. The maximum Gasteiger partial charge on any atom is 0.418 e. The number of hydrogen-bond acceptors (Lipinski definition) is 2. The number of halogens is 7. The minimum absolute atomic E-state index is 0.302. The summed E-state index contributed by atoms with van der Waals surface area (Å²) in [6, 6.07) is 3.03. The Morgan fingerprint density at radius 3 is 2.19 bits per heavy atom. The van der Waals surface area contributed by atoms with E-state index in [-0.39, 0.29) is 0 Å². The van der Waals surface area contributed by atoms with Gasteiger partial charge in [0.15, 0.2) is 0 Å². The number of alkyl halides is 7. The van der Waals surface area contributed by atoms with Crippen LogP contribution in [-0.2, 0) is 11.0 Å². The van der Waals surface area contributed by atoms with Crippen molar-refractivity contribution in [2.24, 2.45) is 0 Å². The molecule has 0 bridgehead atoms. The van der Waals surface area contributed by atoms with Crippen LogP contribution < -0.4 is 5.32 Å². The maximum absolute atomic E-state index is 12.7. The van der Waals surface area contributed by atoms with Gasteiger partial charge in [-0.2, -0.15) is 27.2 Å². The summed E-state index contributed by atoms with van der Waals surface area (Å²) < 4.78 is 87.3.